The molecule has 0 heterocycles. The molecule has 0 atom stereocenters. The van der Waals surface area contributed by atoms with Crippen LogP contribution in [0, 0.1) is 0 Å². The van der Waals surface area contributed by atoms with E-state index in [1.165, 1.54) is 0 Å². The van der Waals surface area contributed by atoms with E-state index in [-0.39, 0.29) is 0 Å². The van der Waals surface area contributed by atoms with E-state index in [0.29, 0.717) is 13.1 Å². The molecule has 0 saturated heterocycles. The summed E-state index contributed by atoms with van der Waals surface area (Å²) in [6, 6.07) is 0. The average Bonchev–Trinajstić information content (AvgIpc) is 1.69. The van der Waals surface area contributed by atoms with Gasteiger partial charge >= 0.3 is 0 Å². The van der Waals surface area contributed by atoms with E-state index in [1.807, 2.05) is 0 Å². The minimum absolute atomic E-state index is 0.410. The Hall–Kier alpha value is -0.770. The van der Waals surface area contributed by atoms with Gasteiger partial charge in [-0.2, -0.15) is 0 Å². The second-order valence-corrected chi connectivity index (χ2v) is 0.909. The molecule has 0 rings (SSSR count). The predicted octanol–water partition coefficient (Wildman–Crippen LogP) is -0.240. The number of hydrogen-bond donors (Lipinski definition) is 2. The summed E-state index contributed by atoms with van der Waals surface area (Å²) in [4.78, 5) is 2.50. The first kappa shape index (κ1) is 6.23. The quantitative estimate of drug-likeness (QED) is 0.128. The second-order valence-electron chi connectivity index (χ2n) is 0.909. The van der Waals surface area contributed by atoms with Gasteiger partial charge in [-0.15, -0.1) is 0 Å². The highest BCUT2D eigenvalue weighted by molar-refractivity contribution is 4.45. The number of azide groups is 1. The SMILES string of the molecule is [N-]=[N+]=NCCNN. The number of hydrazine groups is 1. The van der Waals surface area contributed by atoms with Crippen molar-refractivity contribution in [2.45, 2.75) is 0 Å². The summed E-state index contributed by atoms with van der Waals surface area (Å²) < 4.78 is 0. The first-order valence-corrected chi connectivity index (χ1v) is 1.86. The lowest BCUT2D eigenvalue weighted by molar-refractivity contribution is 0.735. The fourth-order valence-corrected chi connectivity index (χ4v) is 0.159. The molecule has 0 aromatic carbocycles. The lowest BCUT2D eigenvalue weighted by Gasteiger charge is -1.85. The van der Waals surface area contributed by atoms with Gasteiger partial charge in [-0.1, -0.05) is 5.11 Å². The number of rotatable bonds is 3. The molecule has 0 saturated carbocycles. The number of nitrogens with one attached hydrogen (secondary N) is 1. The molecular formula is C2H7N5. The van der Waals surface area contributed by atoms with Gasteiger partial charge in [0.05, 0.1) is 0 Å². The molecule has 3 N–H and O–H groups in total. The summed E-state index contributed by atoms with van der Waals surface area (Å²) in [5, 5.41) is 3.20. The molecule has 5 nitrogen and oxygen atoms in total. The van der Waals surface area contributed by atoms with Crippen LogP contribution >= 0.6 is 0 Å². The van der Waals surface area contributed by atoms with Crippen LogP contribution in [0.25, 0.3) is 10.4 Å². The normalized spacial score (nSPS) is 7.57. The number of nitrogens with zero attached hydrogens (tertiary/aromatic N) is 3. The Morgan fingerprint density at radius 1 is 1.86 bits per heavy atom. The lowest BCUT2D eigenvalue weighted by atomic mass is 10.7. The lowest BCUT2D eigenvalue weighted by Crippen LogP contribution is -2.24. The molecule has 0 aliphatic carbocycles. The van der Waals surface area contributed by atoms with Crippen LogP contribution in [0.3, 0.4) is 0 Å². The molecule has 0 aliphatic rings. The van der Waals surface area contributed by atoms with Gasteiger partial charge in [0.2, 0.25) is 0 Å². The average molecular weight is 101 g/mol. The van der Waals surface area contributed by atoms with Crippen molar-refractivity contribution in [2.24, 2.45) is 11.0 Å². The summed E-state index contributed by atoms with van der Waals surface area (Å²) in [7, 11) is 0. The molecule has 40 valence electrons. The van der Waals surface area contributed by atoms with Crippen LogP contribution in [0.4, 0.5) is 0 Å². The molecule has 0 bridgehead atoms. The summed E-state index contributed by atoms with van der Waals surface area (Å²) in [5.74, 6) is 4.84. The van der Waals surface area contributed by atoms with E-state index >= 15 is 0 Å². The topological polar surface area (TPSA) is 86.8 Å². The standard InChI is InChI=1S/C2H7N5/c3-5-1-2-6-7-4/h5H,1-3H2. The van der Waals surface area contributed by atoms with Gasteiger partial charge < -0.3 is 0 Å². The monoisotopic (exact) mass is 101 g/mol. The maximum Gasteiger partial charge on any atom is 0.0397 e. The molecule has 0 unspecified atom stereocenters. The predicted molar refractivity (Wildman–Crippen MR) is 26.2 cm³/mol. The Kier molecular flexibility index (Phi) is 4.65. The van der Waals surface area contributed by atoms with Gasteiger partial charge in [0, 0.05) is 18.0 Å². The van der Waals surface area contributed by atoms with Crippen molar-refractivity contribution >= 4 is 0 Å². The molecule has 0 radical (unpaired) electrons. The third kappa shape index (κ3) is 5.23. The van der Waals surface area contributed by atoms with Gasteiger partial charge in [-0.05, 0) is 5.53 Å². The van der Waals surface area contributed by atoms with Crippen molar-refractivity contribution in [2.75, 3.05) is 13.1 Å². The van der Waals surface area contributed by atoms with Gasteiger partial charge in [0.15, 0.2) is 0 Å². The summed E-state index contributed by atoms with van der Waals surface area (Å²) >= 11 is 0. The maximum atomic E-state index is 7.68. The fourth-order valence-electron chi connectivity index (χ4n) is 0.159. The van der Waals surface area contributed by atoms with Crippen molar-refractivity contribution in [3.63, 3.8) is 0 Å². The van der Waals surface area contributed by atoms with E-state index in [0.717, 1.165) is 0 Å². The Morgan fingerprint density at radius 3 is 3.00 bits per heavy atom. The summed E-state index contributed by atoms with van der Waals surface area (Å²) in [6.07, 6.45) is 0. The Labute approximate surface area is 41.1 Å². The Morgan fingerprint density at radius 2 is 2.57 bits per heavy atom. The van der Waals surface area contributed by atoms with E-state index in [4.69, 9.17) is 11.4 Å². The van der Waals surface area contributed by atoms with Crippen molar-refractivity contribution in [1.82, 2.24) is 5.43 Å². The smallest absolute Gasteiger partial charge is 0.0397 e. The van der Waals surface area contributed by atoms with Crippen LogP contribution in [0.5, 0.6) is 0 Å². The third-order valence-electron chi connectivity index (χ3n) is 0.419. The molecular weight excluding hydrogens is 94.1 g/mol. The number of nitrogens with two attached hydrogens (primary N) is 1. The van der Waals surface area contributed by atoms with Crippen molar-refractivity contribution < 1.29 is 0 Å². The fraction of sp³-hybridized carbons (Fsp3) is 1.00. The Bertz CT molecular complexity index is 72.1. The minimum atomic E-state index is 0.410. The zero-order valence-electron chi connectivity index (χ0n) is 3.83. The largest absolute Gasteiger partial charge is 0.271 e. The zero-order chi connectivity index (χ0) is 5.54. The van der Waals surface area contributed by atoms with Gasteiger partial charge in [-0.25, -0.2) is 0 Å². The van der Waals surface area contributed by atoms with E-state index < -0.39 is 0 Å². The molecule has 0 aromatic rings. The first-order valence-electron chi connectivity index (χ1n) is 1.86. The van der Waals surface area contributed by atoms with Crippen molar-refractivity contribution in [1.29, 1.82) is 0 Å². The Balaban J connectivity index is 2.83. The highest BCUT2D eigenvalue weighted by atomic mass is 15.2. The third-order valence-corrected chi connectivity index (χ3v) is 0.419. The molecule has 0 aromatic heterocycles. The van der Waals surface area contributed by atoms with Gasteiger partial charge in [-0.3, -0.25) is 11.3 Å². The second kappa shape index (κ2) is 5.23. The highest BCUT2D eigenvalue weighted by Gasteiger charge is 1.71. The first-order chi connectivity index (χ1) is 3.41. The maximum absolute atomic E-state index is 7.68. The van der Waals surface area contributed by atoms with Crippen molar-refractivity contribution in [3.8, 4) is 0 Å². The van der Waals surface area contributed by atoms with Crippen LogP contribution in [0.1, 0.15) is 0 Å². The van der Waals surface area contributed by atoms with Crippen LogP contribution in [0.15, 0.2) is 5.11 Å². The molecule has 5 heteroatoms. The molecule has 0 amide bonds. The minimum Gasteiger partial charge on any atom is -0.271 e. The van der Waals surface area contributed by atoms with E-state index in [2.05, 4.69) is 15.5 Å². The number of hydrogen-bond acceptors (Lipinski definition) is 3. The molecule has 0 spiro atoms. The van der Waals surface area contributed by atoms with Crippen LogP contribution in [-0.4, -0.2) is 13.1 Å². The summed E-state index contributed by atoms with van der Waals surface area (Å²) in [5.41, 5.74) is 10.0. The summed E-state index contributed by atoms with van der Waals surface area (Å²) in [6.45, 7) is 0.942. The van der Waals surface area contributed by atoms with E-state index in [9.17, 15) is 0 Å². The van der Waals surface area contributed by atoms with Crippen LogP contribution < -0.4 is 11.3 Å². The van der Waals surface area contributed by atoms with Gasteiger partial charge in [0.1, 0.15) is 0 Å². The molecule has 7 heavy (non-hydrogen) atoms. The van der Waals surface area contributed by atoms with Crippen LogP contribution in [0.2, 0.25) is 0 Å². The van der Waals surface area contributed by atoms with Crippen LogP contribution in [-0.2, 0) is 0 Å². The zero-order valence-corrected chi connectivity index (χ0v) is 3.83. The molecule has 0 fully saturated rings. The highest BCUT2D eigenvalue weighted by Crippen LogP contribution is 1.63. The molecule has 0 aliphatic heterocycles. The van der Waals surface area contributed by atoms with Gasteiger partial charge in [0.25, 0.3) is 0 Å². The van der Waals surface area contributed by atoms with Crippen molar-refractivity contribution in [3.05, 3.63) is 10.4 Å². The van der Waals surface area contributed by atoms with E-state index in [1.54, 1.807) is 0 Å².